The largest absolute Gasteiger partial charge is 1.00 e. The van der Waals surface area contributed by atoms with Gasteiger partial charge in [0.2, 0.25) is 0 Å². The SMILES string of the molecule is CC1=Cc2c(C(C)C)cccc2[CH]1[Zr+2]1[CH2][CH2]1.[Cl-].[Cl-]. The van der Waals surface area contributed by atoms with Gasteiger partial charge in [-0.3, -0.25) is 0 Å². The molecule has 0 saturated carbocycles. The predicted octanol–water partition coefficient (Wildman–Crippen LogP) is -1.26. The van der Waals surface area contributed by atoms with E-state index in [-0.39, 0.29) is 24.8 Å². The fraction of sp³-hybridized carbons (Fsp3) is 0.467. The molecule has 18 heavy (non-hydrogen) atoms. The molecule has 1 fully saturated rings. The number of hydrogen-bond acceptors (Lipinski definition) is 0. The summed E-state index contributed by atoms with van der Waals surface area (Å²) >= 11 is -0.943. The Labute approximate surface area is 131 Å². The maximum atomic E-state index is 2.49. The Bertz CT molecular complexity index is 462. The monoisotopic (exact) mass is 359 g/mol. The molecule has 97 valence electrons. The first-order chi connectivity index (χ1) is 7.68. The summed E-state index contributed by atoms with van der Waals surface area (Å²) in [5.41, 5.74) is 6.51. The summed E-state index contributed by atoms with van der Waals surface area (Å²) in [5.74, 6) is 0.658. The van der Waals surface area contributed by atoms with Crippen molar-refractivity contribution in [2.45, 2.75) is 38.6 Å². The van der Waals surface area contributed by atoms with Crippen LogP contribution in [0.25, 0.3) is 6.08 Å². The van der Waals surface area contributed by atoms with E-state index in [1.165, 1.54) is 0 Å². The van der Waals surface area contributed by atoms with E-state index >= 15 is 0 Å². The minimum Gasteiger partial charge on any atom is -1.00 e. The van der Waals surface area contributed by atoms with Gasteiger partial charge in [-0.1, -0.05) is 0 Å². The summed E-state index contributed by atoms with van der Waals surface area (Å²) in [6.07, 6.45) is 2.49. The molecule has 0 radical (unpaired) electrons. The van der Waals surface area contributed by atoms with Gasteiger partial charge in [0, 0.05) is 0 Å². The molecule has 1 aliphatic carbocycles. The van der Waals surface area contributed by atoms with Crippen LogP contribution in [0.4, 0.5) is 0 Å². The van der Waals surface area contributed by atoms with Crippen LogP contribution in [0.3, 0.4) is 0 Å². The molecular formula is C15H19Cl2Zr. The summed E-state index contributed by atoms with van der Waals surface area (Å²) in [5, 5.41) is 0. The van der Waals surface area contributed by atoms with Crippen LogP contribution in [-0.4, -0.2) is 0 Å². The molecule has 2 aliphatic rings. The van der Waals surface area contributed by atoms with Gasteiger partial charge in [-0.15, -0.1) is 0 Å². The van der Waals surface area contributed by atoms with E-state index in [4.69, 9.17) is 0 Å². The fourth-order valence-electron chi connectivity index (χ4n) is 2.98. The molecule has 3 heteroatoms. The smallest absolute Gasteiger partial charge is 1.00 e. The molecule has 1 aromatic rings. The van der Waals surface area contributed by atoms with Crippen LogP contribution in [-0.2, 0) is 21.8 Å². The summed E-state index contributed by atoms with van der Waals surface area (Å²) in [7, 11) is 0. The minimum absolute atomic E-state index is 0. The minimum atomic E-state index is -0.943. The van der Waals surface area contributed by atoms with E-state index in [1.807, 2.05) is 0 Å². The standard InChI is InChI=1S/C13H15.C2H4.2ClH.Zr/c1-9(2)12-6-4-5-11-7-10(3)8-13(11)12;1-2;;;/h4-9H,1-3H3;1-2H2;2*1H;/q;;;;+2/p-2. The van der Waals surface area contributed by atoms with Gasteiger partial charge in [-0.05, 0) is 0 Å². The van der Waals surface area contributed by atoms with Gasteiger partial charge in [-0.25, -0.2) is 0 Å². The molecule has 0 nitrogen and oxygen atoms in total. The molecule has 1 atom stereocenters. The van der Waals surface area contributed by atoms with Crippen LogP contribution >= 0.6 is 0 Å². The Morgan fingerprint density at radius 1 is 1.17 bits per heavy atom. The molecule has 1 aliphatic heterocycles. The number of rotatable bonds is 2. The third-order valence-electron chi connectivity index (χ3n) is 3.88. The molecule has 3 rings (SSSR count). The first kappa shape index (κ1) is 16.5. The maximum Gasteiger partial charge on any atom is -1.00 e. The van der Waals surface area contributed by atoms with E-state index in [9.17, 15) is 0 Å². The third kappa shape index (κ3) is 2.79. The molecule has 1 saturated heterocycles. The summed E-state index contributed by atoms with van der Waals surface area (Å²) in [6, 6.07) is 6.99. The van der Waals surface area contributed by atoms with Crippen molar-refractivity contribution in [2.75, 3.05) is 0 Å². The van der Waals surface area contributed by atoms with Gasteiger partial charge in [0.15, 0.2) is 0 Å². The molecular weight excluding hydrogens is 342 g/mol. The van der Waals surface area contributed by atoms with E-state index in [0.29, 0.717) is 5.92 Å². The Balaban J connectivity index is 0.000000810. The van der Waals surface area contributed by atoms with Crippen molar-refractivity contribution in [1.29, 1.82) is 0 Å². The molecule has 0 aromatic heterocycles. The van der Waals surface area contributed by atoms with Gasteiger partial charge in [-0.2, -0.15) is 0 Å². The molecule has 1 heterocycles. The topological polar surface area (TPSA) is 0 Å². The molecule has 0 amide bonds. The third-order valence-corrected chi connectivity index (χ3v) is 10.4. The van der Waals surface area contributed by atoms with Crippen molar-refractivity contribution in [1.82, 2.24) is 0 Å². The Morgan fingerprint density at radius 3 is 2.39 bits per heavy atom. The molecule has 1 unspecified atom stereocenters. The first-order valence-corrected chi connectivity index (χ1v) is 11.2. The van der Waals surface area contributed by atoms with Crippen molar-refractivity contribution in [2.24, 2.45) is 0 Å². The number of hydrogen-bond donors (Lipinski definition) is 0. The Kier molecular flexibility index (Phi) is 5.72. The maximum absolute atomic E-state index is 2.49. The van der Waals surface area contributed by atoms with Crippen molar-refractivity contribution >= 4 is 6.08 Å². The zero-order valence-electron chi connectivity index (χ0n) is 11.1. The van der Waals surface area contributed by atoms with E-state index in [0.717, 1.165) is 3.63 Å². The van der Waals surface area contributed by atoms with Crippen LogP contribution in [0.1, 0.15) is 47.0 Å². The van der Waals surface area contributed by atoms with Gasteiger partial charge < -0.3 is 24.8 Å². The van der Waals surface area contributed by atoms with Gasteiger partial charge in [0.25, 0.3) is 0 Å². The van der Waals surface area contributed by atoms with E-state index in [1.54, 1.807) is 30.5 Å². The van der Waals surface area contributed by atoms with Crippen LogP contribution in [0.2, 0.25) is 8.26 Å². The second-order valence-electron chi connectivity index (χ2n) is 5.48. The predicted molar refractivity (Wildman–Crippen MR) is 66.5 cm³/mol. The number of benzene rings is 1. The fourth-order valence-corrected chi connectivity index (χ4v) is 10.3. The zero-order valence-corrected chi connectivity index (χ0v) is 15.1. The van der Waals surface area contributed by atoms with Crippen molar-refractivity contribution in [3.8, 4) is 0 Å². The van der Waals surface area contributed by atoms with Crippen molar-refractivity contribution in [3.63, 3.8) is 0 Å². The molecule has 0 spiro atoms. The first-order valence-electron chi connectivity index (χ1n) is 6.34. The average Bonchev–Trinajstić information content (AvgIpc) is 3.00. The van der Waals surface area contributed by atoms with Crippen LogP contribution < -0.4 is 24.8 Å². The quantitative estimate of drug-likeness (QED) is 0.617. The Morgan fingerprint density at radius 2 is 1.83 bits per heavy atom. The molecule has 0 bridgehead atoms. The van der Waals surface area contributed by atoms with Gasteiger partial charge in [0.1, 0.15) is 0 Å². The summed E-state index contributed by atoms with van der Waals surface area (Å²) < 4.78 is 4.20. The van der Waals surface area contributed by atoms with Crippen LogP contribution in [0.15, 0.2) is 23.8 Å². The number of allylic oxidation sites excluding steroid dienone is 1. The van der Waals surface area contributed by atoms with Crippen molar-refractivity contribution in [3.05, 3.63) is 40.5 Å². The van der Waals surface area contributed by atoms with E-state index < -0.39 is 21.8 Å². The van der Waals surface area contributed by atoms with E-state index in [2.05, 4.69) is 45.0 Å². The average molecular weight is 361 g/mol. The molecule has 1 aromatic carbocycles. The van der Waals surface area contributed by atoms with Crippen molar-refractivity contribution < 1.29 is 46.6 Å². The normalized spacial score (nSPS) is 19.9. The van der Waals surface area contributed by atoms with Gasteiger partial charge in [0.05, 0.1) is 0 Å². The number of halogens is 2. The van der Waals surface area contributed by atoms with Gasteiger partial charge >= 0.3 is 107 Å². The zero-order chi connectivity index (χ0) is 11.3. The number of fused-ring (bicyclic) bond motifs is 1. The van der Waals surface area contributed by atoms with Crippen LogP contribution in [0.5, 0.6) is 0 Å². The van der Waals surface area contributed by atoms with Crippen LogP contribution in [0, 0.1) is 0 Å². The second-order valence-corrected chi connectivity index (χ2v) is 12.6. The second kappa shape index (κ2) is 6.25. The summed E-state index contributed by atoms with van der Waals surface area (Å²) in [4.78, 5) is 0. The summed E-state index contributed by atoms with van der Waals surface area (Å²) in [6.45, 7) is 6.98. The Hall–Kier alpha value is 0.423. The molecule has 0 N–H and O–H groups in total.